The van der Waals surface area contributed by atoms with Crippen molar-refractivity contribution in [3.63, 3.8) is 0 Å². The summed E-state index contributed by atoms with van der Waals surface area (Å²) in [6, 6.07) is 20.8. The van der Waals surface area contributed by atoms with Gasteiger partial charge in [-0.15, -0.1) is 0 Å². The molecule has 1 unspecified atom stereocenters. The van der Waals surface area contributed by atoms with Gasteiger partial charge in [-0.25, -0.2) is 8.42 Å². The molecule has 0 bridgehead atoms. The lowest BCUT2D eigenvalue weighted by Gasteiger charge is -2.43. The number of anilines is 1. The van der Waals surface area contributed by atoms with Gasteiger partial charge in [0.15, 0.2) is 0 Å². The van der Waals surface area contributed by atoms with Crippen LogP contribution in [-0.4, -0.2) is 108 Å². The number of aryl methyl sites for hydroxylation is 1. The number of piperidine rings is 1. The topological polar surface area (TPSA) is 107 Å². The molecule has 2 aliphatic rings. The highest BCUT2D eigenvalue weighted by Gasteiger charge is 2.44. The number of hydrogen-bond donors (Lipinski definition) is 0. The van der Waals surface area contributed by atoms with E-state index < -0.39 is 22.2 Å². The van der Waals surface area contributed by atoms with Gasteiger partial charge in [-0.3, -0.25) is 4.79 Å². The number of sulfonamides is 1. The molecule has 1 saturated heterocycles. The molecule has 5 rings (SSSR count). The quantitative estimate of drug-likeness (QED) is 0.118. The second-order valence-corrected chi connectivity index (χ2v) is 16.4. The molecule has 1 fully saturated rings. The van der Waals surface area contributed by atoms with Crippen LogP contribution < -0.4 is 9.64 Å². The lowest BCUT2D eigenvalue weighted by molar-refractivity contribution is -0.132. The van der Waals surface area contributed by atoms with E-state index in [0.29, 0.717) is 52.5 Å². The zero-order valence-corrected chi connectivity index (χ0v) is 34.4. The number of fused-ring (bicyclic) bond motifs is 1. The van der Waals surface area contributed by atoms with E-state index >= 15 is 0 Å². The van der Waals surface area contributed by atoms with Gasteiger partial charge in [-0.2, -0.15) is 4.31 Å². The van der Waals surface area contributed by atoms with Crippen LogP contribution in [0.25, 0.3) is 0 Å². The molecule has 3 aromatic carbocycles. The minimum absolute atomic E-state index is 0.0147. The van der Waals surface area contributed by atoms with Gasteiger partial charge in [0.05, 0.1) is 49.2 Å². The van der Waals surface area contributed by atoms with Gasteiger partial charge in [-0.05, 0) is 88.4 Å². The second-order valence-electron chi connectivity index (χ2n) is 14.5. The zero-order chi connectivity index (χ0) is 39.4. The lowest BCUT2D eigenvalue weighted by Crippen LogP contribution is -2.53. The highest BCUT2D eigenvalue weighted by molar-refractivity contribution is 7.89. The SMILES string of the molecule is CCOC(C)COCc1ccc([C@H]2C[C@H](CC(=O)N(CC)CC)N(S(=O)(=O)c3ccc(C)cc3)C[C@@H]2OCc2ccc3c(c2)N(CCCOC)CCO3)cc1. The fraction of sp³-hybridized carbons (Fsp3) is 0.558. The summed E-state index contributed by atoms with van der Waals surface area (Å²) in [5.41, 5.74) is 5.03. The normalized spacial score (nSPS) is 19.5. The van der Waals surface area contributed by atoms with Crippen molar-refractivity contribution in [3.8, 4) is 5.75 Å². The Kier molecular flexibility index (Phi) is 16.0. The highest BCUT2D eigenvalue weighted by Crippen LogP contribution is 2.39. The zero-order valence-electron chi connectivity index (χ0n) is 33.6. The minimum atomic E-state index is -3.97. The molecule has 0 aliphatic carbocycles. The maximum atomic E-state index is 14.5. The van der Waals surface area contributed by atoms with Gasteiger partial charge in [0.2, 0.25) is 15.9 Å². The monoisotopic (exact) mass is 779 g/mol. The van der Waals surface area contributed by atoms with Crippen LogP contribution in [0.1, 0.15) is 75.1 Å². The van der Waals surface area contributed by atoms with Crippen molar-refractivity contribution in [2.45, 2.75) is 96.2 Å². The molecule has 0 N–H and O–H groups in total. The Labute approximate surface area is 328 Å². The predicted molar refractivity (Wildman–Crippen MR) is 215 cm³/mol. The third-order valence-corrected chi connectivity index (χ3v) is 12.5. The molecule has 0 saturated carbocycles. The summed E-state index contributed by atoms with van der Waals surface area (Å²) < 4.78 is 60.1. The van der Waals surface area contributed by atoms with E-state index in [2.05, 4.69) is 35.2 Å². The van der Waals surface area contributed by atoms with Crippen molar-refractivity contribution < 1.29 is 36.9 Å². The van der Waals surface area contributed by atoms with Crippen LogP contribution in [0, 0.1) is 6.92 Å². The van der Waals surface area contributed by atoms with Crippen molar-refractivity contribution in [1.82, 2.24) is 9.21 Å². The van der Waals surface area contributed by atoms with E-state index in [1.807, 2.05) is 58.9 Å². The number of carbonyl (C=O) groups excluding carboxylic acids is 1. The summed E-state index contributed by atoms with van der Waals surface area (Å²) in [5, 5.41) is 0. The number of carbonyl (C=O) groups is 1. The molecule has 0 spiro atoms. The third kappa shape index (κ3) is 11.3. The van der Waals surface area contributed by atoms with E-state index in [-0.39, 0.29) is 42.4 Å². The summed E-state index contributed by atoms with van der Waals surface area (Å²) in [6.45, 7) is 15.9. The number of hydrogen-bond acceptors (Lipinski definition) is 9. The van der Waals surface area contributed by atoms with Crippen molar-refractivity contribution in [3.05, 3.63) is 89.0 Å². The van der Waals surface area contributed by atoms with E-state index in [0.717, 1.165) is 53.2 Å². The van der Waals surface area contributed by atoms with Crippen molar-refractivity contribution in [1.29, 1.82) is 0 Å². The lowest BCUT2D eigenvalue weighted by atomic mass is 9.82. The van der Waals surface area contributed by atoms with Crippen LogP contribution in [0.5, 0.6) is 5.75 Å². The van der Waals surface area contributed by atoms with E-state index in [1.165, 1.54) is 4.31 Å². The van der Waals surface area contributed by atoms with Gasteiger partial charge in [0.1, 0.15) is 12.4 Å². The maximum absolute atomic E-state index is 14.5. The molecular formula is C43H61N3O8S. The highest BCUT2D eigenvalue weighted by atomic mass is 32.2. The van der Waals surface area contributed by atoms with Gasteiger partial charge in [0, 0.05) is 64.9 Å². The molecule has 3 aromatic rings. The van der Waals surface area contributed by atoms with Gasteiger partial charge in [0.25, 0.3) is 0 Å². The number of rotatable bonds is 20. The Hall–Kier alpha value is -3.52. The van der Waals surface area contributed by atoms with E-state index in [1.54, 1.807) is 24.1 Å². The van der Waals surface area contributed by atoms with Crippen LogP contribution in [0.15, 0.2) is 71.6 Å². The number of ether oxygens (including phenoxy) is 5. The Morgan fingerprint density at radius 1 is 0.982 bits per heavy atom. The molecule has 0 aromatic heterocycles. The fourth-order valence-corrected chi connectivity index (χ4v) is 9.19. The molecular weight excluding hydrogens is 719 g/mol. The third-order valence-electron chi connectivity index (χ3n) is 10.6. The molecule has 12 heteroatoms. The smallest absolute Gasteiger partial charge is 0.243 e. The Bertz CT molecular complexity index is 1750. The summed E-state index contributed by atoms with van der Waals surface area (Å²) in [5.74, 6) is 0.617. The second kappa shape index (κ2) is 20.6. The first-order valence-electron chi connectivity index (χ1n) is 19.8. The van der Waals surface area contributed by atoms with Crippen LogP contribution in [0.3, 0.4) is 0 Å². The summed E-state index contributed by atoms with van der Waals surface area (Å²) in [6.07, 6.45) is 0.945. The van der Waals surface area contributed by atoms with Crippen molar-refractivity contribution in [2.75, 3.05) is 71.2 Å². The van der Waals surface area contributed by atoms with E-state index in [4.69, 9.17) is 23.7 Å². The van der Waals surface area contributed by atoms with Crippen LogP contribution in [-0.2, 0) is 47.0 Å². The number of methoxy groups -OCH3 is 1. The van der Waals surface area contributed by atoms with Crippen LogP contribution in [0.4, 0.5) is 5.69 Å². The molecule has 0 radical (unpaired) electrons. The van der Waals surface area contributed by atoms with E-state index in [9.17, 15) is 13.2 Å². The summed E-state index contributed by atoms with van der Waals surface area (Å²) in [7, 11) is -2.25. The first-order chi connectivity index (χ1) is 26.6. The average Bonchev–Trinajstić information content (AvgIpc) is 3.18. The van der Waals surface area contributed by atoms with Crippen molar-refractivity contribution >= 4 is 21.6 Å². The van der Waals surface area contributed by atoms with Crippen molar-refractivity contribution in [2.24, 2.45) is 0 Å². The summed E-state index contributed by atoms with van der Waals surface area (Å²) >= 11 is 0. The first-order valence-corrected chi connectivity index (χ1v) is 21.3. The van der Waals surface area contributed by atoms with Gasteiger partial charge >= 0.3 is 0 Å². The Morgan fingerprint density at radius 2 is 1.71 bits per heavy atom. The number of benzene rings is 3. The predicted octanol–water partition coefficient (Wildman–Crippen LogP) is 6.56. The molecule has 1 amide bonds. The molecule has 2 aliphatic heterocycles. The molecule has 2 heterocycles. The van der Waals surface area contributed by atoms with Crippen LogP contribution >= 0.6 is 0 Å². The fourth-order valence-electron chi connectivity index (χ4n) is 7.55. The first kappa shape index (κ1) is 42.6. The van der Waals surface area contributed by atoms with Gasteiger partial charge in [-0.1, -0.05) is 48.0 Å². The van der Waals surface area contributed by atoms with Crippen LogP contribution in [0.2, 0.25) is 0 Å². The maximum Gasteiger partial charge on any atom is 0.243 e. The molecule has 302 valence electrons. The molecule has 55 heavy (non-hydrogen) atoms. The Morgan fingerprint density at radius 3 is 2.40 bits per heavy atom. The Balaban J connectivity index is 1.45. The average molecular weight is 780 g/mol. The number of nitrogens with zero attached hydrogens (tertiary/aromatic N) is 3. The summed E-state index contributed by atoms with van der Waals surface area (Å²) in [4.78, 5) is 18.0. The molecule has 11 nitrogen and oxygen atoms in total. The molecule has 4 atom stereocenters. The number of amides is 1. The minimum Gasteiger partial charge on any atom is -0.490 e. The standard InChI is InChI=1S/C43H61N3O8S/c1-7-44(8-2)43(47)27-37-26-39(36-16-13-34(14-17-36)30-51-29-33(5)52-9-3)42(28-46(37)55(48,49)38-18-11-32(4)12-19-38)54-31-35-15-20-41-40(25-35)45(22-24-53-41)21-10-23-50-6/h11-20,25,33,37,39,42H,7-10,21-24,26-31H2,1-6H3/t33?,37-,39-,42+/m1/s1. The van der Waals surface area contributed by atoms with Gasteiger partial charge < -0.3 is 33.5 Å². The largest absolute Gasteiger partial charge is 0.490 e.